The van der Waals surface area contributed by atoms with Gasteiger partial charge in [-0.25, -0.2) is 0 Å². The number of Topliss-reactive ketones (excluding diaryl/α,β-unsaturated/α-hetero) is 1. The van der Waals surface area contributed by atoms with Crippen LogP contribution in [0.2, 0.25) is 0 Å². The normalized spacial score (nSPS) is 17.6. The molecule has 0 saturated heterocycles. The first-order chi connectivity index (χ1) is 9.74. The van der Waals surface area contributed by atoms with E-state index in [-0.39, 0.29) is 5.78 Å². The molecule has 0 saturated carbocycles. The summed E-state index contributed by atoms with van der Waals surface area (Å²) in [4.78, 5) is 12.5. The topological polar surface area (TPSA) is 26.3 Å². The molecule has 3 heteroatoms. The second kappa shape index (κ2) is 5.90. The van der Waals surface area contributed by atoms with Crippen LogP contribution in [-0.2, 0) is 22.4 Å². The number of ketones is 1. The largest absolute Gasteiger partial charge is 0.365 e. The molecule has 1 heterocycles. The molecule has 1 atom stereocenters. The molecule has 1 aliphatic heterocycles. The van der Waals surface area contributed by atoms with Crippen LogP contribution in [0.25, 0.3) is 0 Å². The van der Waals surface area contributed by atoms with Gasteiger partial charge in [0, 0.05) is 10.9 Å². The molecule has 1 unspecified atom stereocenters. The zero-order chi connectivity index (χ0) is 13.9. The van der Waals surface area contributed by atoms with Crippen molar-refractivity contribution in [3.8, 4) is 0 Å². The Morgan fingerprint density at radius 2 is 2.05 bits per heavy atom. The van der Waals surface area contributed by atoms with E-state index in [1.54, 1.807) is 0 Å². The van der Waals surface area contributed by atoms with Crippen LogP contribution >= 0.6 is 15.9 Å². The molecule has 0 aliphatic carbocycles. The fourth-order valence-electron chi connectivity index (χ4n) is 2.60. The number of benzene rings is 2. The third kappa shape index (κ3) is 2.84. The molecule has 2 nitrogen and oxygen atoms in total. The minimum absolute atomic E-state index is 0.121. The number of carbonyl (C=O) groups excluding carboxylic acids is 1. The van der Waals surface area contributed by atoms with E-state index in [0.29, 0.717) is 13.0 Å². The van der Waals surface area contributed by atoms with E-state index in [0.717, 1.165) is 22.0 Å². The van der Waals surface area contributed by atoms with Crippen molar-refractivity contribution < 1.29 is 9.53 Å². The number of hydrogen-bond donors (Lipinski definition) is 0. The summed E-state index contributed by atoms with van der Waals surface area (Å²) in [6.07, 6.45) is 0.869. The van der Waals surface area contributed by atoms with Crippen LogP contribution < -0.4 is 0 Å². The Morgan fingerprint density at radius 3 is 2.90 bits per heavy atom. The number of carbonyl (C=O) groups is 1. The summed E-state index contributed by atoms with van der Waals surface area (Å²) in [6, 6.07) is 15.9. The lowest BCUT2D eigenvalue weighted by Gasteiger charge is -2.25. The van der Waals surface area contributed by atoms with Crippen molar-refractivity contribution in [3.05, 3.63) is 69.7 Å². The lowest BCUT2D eigenvalue weighted by Crippen LogP contribution is -2.24. The van der Waals surface area contributed by atoms with Crippen LogP contribution in [0.4, 0.5) is 0 Å². The van der Waals surface area contributed by atoms with Crippen molar-refractivity contribution in [2.45, 2.75) is 18.9 Å². The Labute approximate surface area is 126 Å². The minimum atomic E-state index is -0.418. The minimum Gasteiger partial charge on any atom is -0.365 e. The smallest absolute Gasteiger partial charge is 0.170 e. The highest BCUT2D eigenvalue weighted by Gasteiger charge is 2.26. The van der Waals surface area contributed by atoms with E-state index in [2.05, 4.69) is 22.0 Å². The highest BCUT2D eigenvalue weighted by molar-refractivity contribution is 9.10. The molecule has 102 valence electrons. The predicted octanol–water partition coefficient (Wildman–Crippen LogP) is 3.87. The Hall–Kier alpha value is -1.45. The fourth-order valence-corrected chi connectivity index (χ4v) is 3.05. The van der Waals surface area contributed by atoms with Crippen LogP contribution in [-0.4, -0.2) is 12.4 Å². The summed E-state index contributed by atoms with van der Waals surface area (Å²) in [7, 11) is 0. The highest BCUT2D eigenvalue weighted by Crippen LogP contribution is 2.28. The lowest BCUT2D eigenvalue weighted by molar-refractivity contribution is -0.131. The van der Waals surface area contributed by atoms with Crippen LogP contribution in [0, 0.1) is 0 Å². The van der Waals surface area contributed by atoms with Gasteiger partial charge in [-0.3, -0.25) is 4.79 Å². The number of hydrogen-bond acceptors (Lipinski definition) is 2. The van der Waals surface area contributed by atoms with E-state index in [4.69, 9.17) is 4.74 Å². The molecule has 0 N–H and O–H groups in total. The van der Waals surface area contributed by atoms with E-state index in [9.17, 15) is 4.79 Å². The molecule has 20 heavy (non-hydrogen) atoms. The van der Waals surface area contributed by atoms with Crippen molar-refractivity contribution in [1.29, 1.82) is 0 Å². The highest BCUT2D eigenvalue weighted by atomic mass is 79.9. The molecular formula is C17H15BrO2. The van der Waals surface area contributed by atoms with Gasteiger partial charge in [0.15, 0.2) is 5.78 Å². The van der Waals surface area contributed by atoms with Crippen molar-refractivity contribution in [2.24, 2.45) is 0 Å². The van der Waals surface area contributed by atoms with Gasteiger partial charge < -0.3 is 4.74 Å². The Kier molecular flexibility index (Phi) is 3.99. The maximum absolute atomic E-state index is 12.5. The molecule has 3 rings (SSSR count). The van der Waals surface area contributed by atoms with Gasteiger partial charge in [-0.05, 0) is 35.2 Å². The standard InChI is InChI=1S/C17H15BrO2/c18-14-6-3-4-12(10-14)11-16(19)17-15-7-2-1-5-13(15)8-9-20-17/h1-7,10,17H,8-9,11H2. The van der Waals surface area contributed by atoms with Crippen molar-refractivity contribution in [3.63, 3.8) is 0 Å². The van der Waals surface area contributed by atoms with Gasteiger partial charge in [-0.1, -0.05) is 52.3 Å². The number of fused-ring (bicyclic) bond motifs is 1. The second-order valence-corrected chi connectivity index (χ2v) is 5.89. The SMILES string of the molecule is O=C(Cc1cccc(Br)c1)C1OCCc2ccccc21. The summed E-state index contributed by atoms with van der Waals surface area (Å²) >= 11 is 3.43. The van der Waals surface area contributed by atoms with Crippen LogP contribution in [0.3, 0.4) is 0 Å². The van der Waals surface area contributed by atoms with Gasteiger partial charge in [-0.15, -0.1) is 0 Å². The van der Waals surface area contributed by atoms with E-state index < -0.39 is 6.10 Å². The average molecular weight is 331 g/mol. The van der Waals surface area contributed by atoms with Crippen LogP contribution in [0.1, 0.15) is 22.8 Å². The summed E-state index contributed by atoms with van der Waals surface area (Å²) in [5, 5.41) is 0. The molecule has 0 fully saturated rings. The fraction of sp³-hybridized carbons (Fsp3) is 0.235. The van der Waals surface area contributed by atoms with Gasteiger partial charge in [0.1, 0.15) is 6.10 Å². The van der Waals surface area contributed by atoms with Crippen LogP contribution in [0.15, 0.2) is 53.0 Å². The van der Waals surface area contributed by atoms with Gasteiger partial charge in [-0.2, -0.15) is 0 Å². The zero-order valence-electron chi connectivity index (χ0n) is 11.0. The van der Waals surface area contributed by atoms with E-state index >= 15 is 0 Å². The van der Waals surface area contributed by atoms with Gasteiger partial charge >= 0.3 is 0 Å². The molecule has 0 bridgehead atoms. The first-order valence-electron chi connectivity index (χ1n) is 6.70. The molecule has 2 aromatic rings. The lowest BCUT2D eigenvalue weighted by atomic mass is 9.93. The summed E-state index contributed by atoms with van der Waals surface area (Å²) in [6.45, 7) is 0.617. The van der Waals surface area contributed by atoms with Gasteiger partial charge in [0.25, 0.3) is 0 Å². The van der Waals surface area contributed by atoms with Gasteiger partial charge in [0.05, 0.1) is 6.61 Å². The van der Waals surface area contributed by atoms with Crippen molar-refractivity contribution >= 4 is 21.7 Å². The van der Waals surface area contributed by atoms with Crippen molar-refractivity contribution in [2.75, 3.05) is 6.61 Å². The first kappa shape index (κ1) is 13.5. The van der Waals surface area contributed by atoms with E-state index in [1.807, 2.05) is 42.5 Å². The van der Waals surface area contributed by atoms with Crippen LogP contribution in [0.5, 0.6) is 0 Å². The number of ether oxygens (including phenoxy) is 1. The molecule has 2 aromatic carbocycles. The molecule has 0 radical (unpaired) electrons. The monoisotopic (exact) mass is 330 g/mol. The molecular weight excluding hydrogens is 316 g/mol. The average Bonchev–Trinajstić information content (AvgIpc) is 2.46. The molecule has 0 aromatic heterocycles. The third-order valence-corrected chi connectivity index (χ3v) is 4.05. The summed E-state index contributed by atoms with van der Waals surface area (Å²) in [5.41, 5.74) is 3.26. The first-order valence-corrected chi connectivity index (χ1v) is 7.50. The maximum atomic E-state index is 12.5. The molecule has 1 aliphatic rings. The molecule has 0 spiro atoms. The van der Waals surface area contributed by atoms with Gasteiger partial charge in [0.2, 0.25) is 0 Å². The third-order valence-electron chi connectivity index (χ3n) is 3.55. The Morgan fingerprint density at radius 1 is 1.20 bits per heavy atom. The number of rotatable bonds is 3. The quantitative estimate of drug-likeness (QED) is 0.853. The summed E-state index contributed by atoms with van der Waals surface area (Å²) in [5.74, 6) is 0.121. The Balaban J connectivity index is 1.82. The second-order valence-electron chi connectivity index (χ2n) is 4.97. The summed E-state index contributed by atoms with van der Waals surface area (Å²) < 4.78 is 6.70. The molecule has 0 amide bonds. The number of halogens is 1. The van der Waals surface area contributed by atoms with E-state index in [1.165, 1.54) is 5.56 Å². The van der Waals surface area contributed by atoms with Crippen molar-refractivity contribution in [1.82, 2.24) is 0 Å². The predicted molar refractivity (Wildman–Crippen MR) is 81.7 cm³/mol. The maximum Gasteiger partial charge on any atom is 0.170 e. The zero-order valence-corrected chi connectivity index (χ0v) is 12.6. The Bertz CT molecular complexity index is 636.